The van der Waals surface area contributed by atoms with Crippen molar-refractivity contribution in [3.05, 3.63) is 60.2 Å². The molecule has 116 valence electrons. The summed E-state index contributed by atoms with van der Waals surface area (Å²) in [5.41, 5.74) is 1.06. The molecule has 0 aromatic heterocycles. The largest absolute Gasteiger partial charge is 0.490 e. The number of carbonyl (C=O) groups is 1. The van der Waals surface area contributed by atoms with Gasteiger partial charge in [0.1, 0.15) is 0 Å². The van der Waals surface area contributed by atoms with E-state index in [1.807, 2.05) is 62.4 Å². The number of hydrogen-bond acceptors (Lipinski definition) is 3. The third kappa shape index (κ3) is 4.52. The van der Waals surface area contributed by atoms with Crippen LogP contribution in [0.4, 0.5) is 0 Å². The van der Waals surface area contributed by atoms with Gasteiger partial charge in [-0.1, -0.05) is 42.5 Å². The fourth-order valence-electron chi connectivity index (χ4n) is 2.10. The number of hydrogen-bond donors (Lipinski definition) is 1. The van der Waals surface area contributed by atoms with Crippen molar-refractivity contribution in [2.75, 3.05) is 13.2 Å². The van der Waals surface area contributed by atoms with Gasteiger partial charge in [0, 0.05) is 0 Å². The molecule has 2 aromatic rings. The SMILES string of the molecule is CCOc1ccccc1OCC(=O)N[C@@H](C)c1ccccc1. The van der Waals surface area contributed by atoms with Gasteiger partial charge in [-0.2, -0.15) is 0 Å². The number of benzene rings is 2. The van der Waals surface area contributed by atoms with Crippen LogP contribution in [0.15, 0.2) is 54.6 Å². The maximum absolute atomic E-state index is 12.0. The van der Waals surface area contributed by atoms with Gasteiger partial charge in [-0.05, 0) is 31.5 Å². The van der Waals surface area contributed by atoms with Crippen molar-refractivity contribution in [3.63, 3.8) is 0 Å². The highest BCUT2D eigenvalue weighted by Gasteiger charge is 2.11. The van der Waals surface area contributed by atoms with E-state index in [2.05, 4.69) is 5.32 Å². The highest BCUT2D eigenvalue weighted by atomic mass is 16.5. The molecule has 0 fully saturated rings. The topological polar surface area (TPSA) is 47.6 Å². The first-order valence-electron chi connectivity index (χ1n) is 7.39. The molecule has 1 N–H and O–H groups in total. The Morgan fingerprint density at radius 3 is 2.23 bits per heavy atom. The van der Waals surface area contributed by atoms with Gasteiger partial charge in [0.2, 0.25) is 0 Å². The Kier molecular flexibility index (Phi) is 5.83. The van der Waals surface area contributed by atoms with Crippen molar-refractivity contribution >= 4 is 5.91 Å². The lowest BCUT2D eigenvalue weighted by Crippen LogP contribution is -2.31. The summed E-state index contributed by atoms with van der Waals surface area (Å²) in [5, 5.41) is 2.91. The summed E-state index contributed by atoms with van der Waals surface area (Å²) in [6.07, 6.45) is 0. The molecule has 2 aromatic carbocycles. The molecule has 0 aliphatic heterocycles. The highest BCUT2D eigenvalue weighted by molar-refractivity contribution is 5.78. The van der Waals surface area contributed by atoms with Crippen molar-refractivity contribution in [3.8, 4) is 11.5 Å². The van der Waals surface area contributed by atoms with Crippen LogP contribution in [-0.4, -0.2) is 19.1 Å². The van der Waals surface area contributed by atoms with E-state index in [0.717, 1.165) is 5.56 Å². The number of para-hydroxylation sites is 2. The standard InChI is InChI=1S/C18H21NO3/c1-3-21-16-11-7-8-12-17(16)22-13-18(20)19-14(2)15-9-5-4-6-10-15/h4-12,14H,3,13H2,1-2H3,(H,19,20)/t14-/m0/s1. The quantitative estimate of drug-likeness (QED) is 0.853. The average molecular weight is 299 g/mol. The van der Waals surface area contributed by atoms with Gasteiger partial charge in [-0.25, -0.2) is 0 Å². The number of nitrogens with one attached hydrogen (secondary N) is 1. The Hall–Kier alpha value is -2.49. The lowest BCUT2D eigenvalue weighted by Gasteiger charge is -2.15. The van der Waals surface area contributed by atoms with Gasteiger partial charge in [0.25, 0.3) is 5.91 Å². The number of carbonyl (C=O) groups excluding carboxylic acids is 1. The molecule has 0 aliphatic carbocycles. The van der Waals surface area contributed by atoms with Crippen LogP contribution in [-0.2, 0) is 4.79 Å². The van der Waals surface area contributed by atoms with Crippen LogP contribution in [0, 0.1) is 0 Å². The van der Waals surface area contributed by atoms with Crippen LogP contribution in [0.5, 0.6) is 11.5 Å². The van der Waals surface area contributed by atoms with Gasteiger partial charge in [-0.15, -0.1) is 0 Å². The second kappa shape index (κ2) is 8.08. The summed E-state index contributed by atoms with van der Waals surface area (Å²) in [5.74, 6) is 1.06. The molecule has 0 aliphatic rings. The molecule has 0 saturated heterocycles. The maximum atomic E-state index is 12.0. The lowest BCUT2D eigenvalue weighted by molar-refractivity contribution is -0.123. The number of amides is 1. The molecule has 4 heteroatoms. The van der Waals surface area contributed by atoms with Crippen molar-refractivity contribution in [2.45, 2.75) is 19.9 Å². The van der Waals surface area contributed by atoms with E-state index in [4.69, 9.17) is 9.47 Å². The maximum Gasteiger partial charge on any atom is 0.258 e. The second-order valence-electron chi connectivity index (χ2n) is 4.87. The van der Waals surface area contributed by atoms with E-state index in [0.29, 0.717) is 18.1 Å². The molecule has 0 spiro atoms. The highest BCUT2D eigenvalue weighted by Crippen LogP contribution is 2.26. The van der Waals surface area contributed by atoms with Crippen LogP contribution in [0.25, 0.3) is 0 Å². The Morgan fingerprint density at radius 1 is 1.00 bits per heavy atom. The first kappa shape index (κ1) is 15.9. The third-order valence-electron chi connectivity index (χ3n) is 3.18. The summed E-state index contributed by atoms with van der Waals surface area (Å²) in [6.45, 7) is 4.37. The fraction of sp³-hybridized carbons (Fsp3) is 0.278. The minimum Gasteiger partial charge on any atom is -0.490 e. The summed E-state index contributed by atoms with van der Waals surface area (Å²) in [4.78, 5) is 12.0. The third-order valence-corrected chi connectivity index (χ3v) is 3.18. The van der Waals surface area contributed by atoms with E-state index in [1.165, 1.54) is 0 Å². The zero-order valence-electron chi connectivity index (χ0n) is 12.9. The summed E-state index contributed by atoms with van der Waals surface area (Å²) in [6, 6.07) is 17.1. The summed E-state index contributed by atoms with van der Waals surface area (Å²) >= 11 is 0. The fourth-order valence-corrected chi connectivity index (χ4v) is 2.10. The molecule has 0 saturated carbocycles. The molecule has 4 nitrogen and oxygen atoms in total. The minimum absolute atomic E-state index is 0.0404. The molecule has 0 heterocycles. The first-order valence-corrected chi connectivity index (χ1v) is 7.39. The lowest BCUT2D eigenvalue weighted by atomic mass is 10.1. The normalized spacial score (nSPS) is 11.5. The van der Waals surface area contributed by atoms with E-state index in [-0.39, 0.29) is 18.6 Å². The van der Waals surface area contributed by atoms with Gasteiger partial charge in [0.05, 0.1) is 12.6 Å². The van der Waals surface area contributed by atoms with Gasteiger partial charge in [0.15, 0.2) is 18.1 Å². The van der Waals surface area contributed by atoms with Crippen molar-refractivity contribution in [1.29, 1.82) is 0 Å². The average Bonchev–Trinajstić information content (AvgIpc) is 2.55. The zero-order chi connectivity index (χ0) is 15.8. The molecule has 0 unspecified atom stereocenters. The van der Waals surface area contributed by atoms with E-state index < -0.39 is 0 Å². The van der Waals surface area contributed by atoms with Crippen molar-refractivity contribution < 1.29 is 14.3 Å². The molecule has 1 amide bonds. The molecule has 22 heavy (non-hydrogen) atoms. The molecule has 1 atom stereocenters. The molecule has 0 bridgehead atoms. The zero-order valence-corrected chi connectivity index (χ0v) is 12.9. The van der Waals surface area contributed by atoms with Gasteiger partial charge in [-0.3, -0.25) is 4.79 Å². The van der Waals surface area contributed by atoms with Crippen LogP contribution < -0.4 is 14.8 Å². The Balaban J connectivity index is 1.88. The molecule has 2 rings (SSSR count). The summed E-state index contributed by atoms with van der Waals surface area (Å²) in [7, 11) is 0. The van der Waals surface area contributed by atoms with E-state index >= 15 is 0 Å². The van der Waals surface area contributed by atoms with Crippen molar-refractivity contribution in [2.24, 2.45) is 0 Å². The van der Waals surface area contributed by atoms with Crippen LogP contribution in [0.3, 0.4) is 0 Å². The van der Waals surface area contributed by atoms with Crippen LogP contribution >= 0.6 is 0 Å². The predicted octanol–water partition coefficient (Wildman–Crippen LogP) is 3.34. The van der Waals surface area contributed by atoms with Gasteiger partial charge < -0.3 is 14.8 Å². The van der Waals surface area contributed by atoms with Crippen LogP contribution in [0.1, 0.15) is 25.5 Å². The van der Waals surface area contributed by atoms with Gasteiger partial charge >= 0.3 is 0 Å². The smallest absolute Gasteiger partial charge is 0.258 e. The number of rotatable bonds is 7. The van der Waals surface area contributed by atoms with Crippen LogP contribution in [0.2, 0.25) is 0 Å². The van der Waals surface area contributed by atoms with E-state index in [1.54, 1.807) is 6.07 Å². The predicted molar refractivity (Wildman–Crippen MR) is 86.1 cm³/mol. The summed E-state index contributed by atoms with van der Waals surface area (Å²) < 4.78 is 11.0. The minimum atomic E-state index is -0.164. The Bertz CT molecular complexity index is 598. The molecule has 0 radical (unpaired) electrons. The molecular formula is C18H21NO3. The number of ether oxygens (including phenoxy) is 2. The Labute approximate surface area is 131 Å². The van der Waals surface area contributed by atoms with Crippen molar-refractivity contribution in [1.82, 2.24) is 5.32 Å². The van der Waals surface area contributed by atoms with E-state index in [9.17, 15) is 4.79 Å². The second-order valence-corrected chi connectivity index (χ2v) is 4.87. The monoisotopic (exact) mass is 299 g/mol. The first-order chi connectivity index (χ1) is 10.7. The molecular weight excluding hydrogens is 278 g/mol. The Morgan fingerprint density at radius 2 is 1.59 bits per heavy atom.